The van der Waals surface area contributed by atoms with Crippen molar-refractivity contribution in [3.05, 3.63) is 17.1 Å². The van der Waals surface area contributed by atoms with Crippen molar-refractivity contribution in [2.24, 2.45) is 5.92 Å². The number of amides is 1. The van der Waals surface area contributed by atoms with E-state index in [-0.39, 0.29) is 31.1 Å². The zero-order valence-corrected chi connectivity index (χ0v) is 15.9. The average Bonchev–Trinajstić information content (AvgIpc) is 3.03. The lowest BCUT2D eigenvalue weighted by Gasteiger charge is -2.34. The molecule has 1 aromatic heterocycles. The van der Waals surface area contributed by atoms with Gasteiger partial charge in [0, 0.05) is 49.8 Å². The molecule has 1 N–H and O–H groups in total. The molecule has 2 heterocycles. The second kappa shape index (κ2) is 7.06. The fraction of sp³-hybridized carbons (Fsp3) is 0.722. The first-order chi connectivity index (χ1) is 12.2. The van der Waals surface area contributed by atoms with Crippen LogP contribution in [0.5, 0.6) is 0 Å². The lowest BCUT2D eigenvalue weighted by Crippen LogP contribution is -2.42. The number of anilines is 1. The van der Waals surface area contributed by atoms with E-state index in [1.54, 1.807) is 0 Å². The maximum atomic E-state index is 12.9. The van der Waals surface area contributed by atoms with Crippen LogP contribution in [0.2, 0.25) is 0 Å². The fourth-order valence-corrected chi connectivity index (χ4v) is 3.62. The van der Waals surface area contributed by atoms with Crippen molar-refractivity contribution < 1.29 is 13.6 Å². The van der Waals surface area contributed by atoms with Gasteiger partial charge in [-0.15, -0.1) is 0 Å². The fourth-order valence-electron chi connectivity index (χ4n) is 3.62. The molecule has 2 fully saturated rings. The Morgan fingerprint density at radius 3 is 2.58 bits per heavy atom. The van der Waals surface area contributed by atoms with Crippen LogP contribution in [0.25, 0.3) is 0 Å². The molecule has 1 saturated heterocycles. The third-order valence-electron chi connectivity index (χ3n) is 5.49. The summed E-state index contributed by atoms with van der Waals surface area (Å²) in [5.41, 5.74) is 1.74. The third kappa shape index (κ3) is 3.95. The molecule has 0 radical (unpaired) electrons. The van der Waals surface area contributed by atoms with Crippen molar-refractivity contribution in [2.45, 2.75) is 45.1 Å². The van der Waals surface area contributed by atoms with E-state index < -0.39 is 11.8 Å². The molecule has 0 aromatic carbocycles. The molecule has 8 heteroatoms. The Balaban J connectivity index is 1.68. The van der Waals surface area contributed by atoms with Gasteiger partial charge in [-0.1, -0.05) is 0 Å². The summed E-state index contributed by atoms with van der Waals surface area (Å²) in [6.45, 7) is 5.82. The molecule has 1 atom stereocenters. The minimum Gasteiger partial charge on any atom is -0.355 e. The quantitative estimate of drug-likeness (QED) is 0.863. The monoisotopic (exact) mass is 367 g/mol. The average molecular weight is 367 g/mol. The van der Waals surface area contributed by atoms with Gasteiger partial charge in [-0.2, -0.15) is 0 Å². The molecule has 2 aliphatic rings. The Labute approximate surface area is 153 Å². The van der Waals surface area contributed by atoms with Crippen molar-refractivity contribution in [1.29, 1.82) is 0 Å². The topological polar surface area (TPSA) is 61.4 Å². The lowest BCUT2D eigenvalue weighted by molar-refractivity contribution is -0.108. The predicted octanol–water partition coefficient (Wildman–Crippen LogP) is 2.01. The number of hydrogen-bond acceptors (Lipinski definition) is 5. The summed E-state index contributed by atoms with van der Waals surface area (Å²) in [5.74, 6) is -2.23. The lowest BCUT2D eigenvalue weighted by atomic mass is 9.81. The summed E-state index contributed by atoms with van der Waals surface area (Å²) in [7, 11) is 4.13. The number of carbonyl (C=O) groups is 1. The Kier molecular flexibility index (Phi) is 5.14. The van der Waals surface area contributed by atoms with Gasteiger partial charge in [0.1, 0.15) is 5.82 Å². The zero-order valence-electron chi connectivity index (χ0n) is 15.9. The van der Waals surface area contributed by atoms with Crippen LogP contribution in [0.4, 0.5) is 14.6 Å². The standard InChI is InChI=1S/C18H27F2N5O/c1-11-12(2)22-15(17(26)21-9-13-7-18(19,20)8-13)23-16(11)25-6-5-14(10-25)24(3)4/h13-14H,5-10H2,1-4H3,(H,21,26)/t14-/m1/s1. The van der Waals surface area contributed by atoms with Crippen LogP contribution in [-0.4, -0.2) is 66.5 Å². The molecule has 144 valence electrons. The van der Waals surface area contributed by atoms with Gasteiger partial charge in [-0.3, -0.25) is 4.79 Å². The Morgan fingerprint density at radius 2 is 2.00 bits per heavy atom. The molecular weight excluding hydrogens is 340 g/mol. The number of nitrogens with one attached hydrogen (secondary N) is 1. The first-order valence-corrected chi connectivity index (χ1v) is 9.09. The zero-order chi connectivity index (χ0) is 19.1. The minimum atomic E-state index is -2.57. The molecule has 26 heavy (non-hydrogen) atoms. The summed E-state index contributed by atoms with van der Waals surface area (Å²) >= 11 is 0. The van der Waals surface area contributed by atoms with E-state index in [0.717, 1.165) is 36.6 Å². The van der Waals surface area contributed by atoms with Crippen LogP contribution >= 0.6 is 0 Å². The van der Waals surface area contributed by atoms with Gasteiger partial charge in [-0.05, 0) is 40.3 Å². The maximum absolute atomic E-state index is 12.9. The molecule has 1 saturated carbocycles. The van der Waals surface area contributed by atoms with E-state index in [4.69, 9.17) is 0 Å². The molecule has 0 spiro atoms. The van der Waals surface area contributed by atoms with E-state index in [1.165, 1.54) is 0 Å². The molecule has 1 aromatic rings. The van der Waals surface area contributed by atoms with Crippen molar-refractivity contribution in [2.75, 3.05) is 38.6 Å². The highest BCUT2D eigenvalue weighted by Gasteiger charge is 2.45. The SMILES string of the molecule is Cc1nc(C(=O)NCC2CC(F)(F)C2)nc(N2CC[C@@H](N(C)C)C2)c1C. The van der Waals surface area contributed by atoms with Crippen LogP contribution in [0.3, 0.4) is 0 Å². The van der Waals surface area contributed by atoms with Gasteiger partial charge in [0.05, 0.1) is 0 Å². The van der Waals surface area contributed by atoms with Crippen molar-refractivity contribution in [3.8, 4) is 0 Å². The third-order valence-corrected chi connectivity index (χ3v) is 5.49. The molecule has 0 bridgehead atoms. The summed E-state index contributed by atoms with van der Waals surface area (Å²) < 4.78 is 25.8. The van der Waals surface area contributed by atoms with Gasteiger partial charge in [-0.25, -0.2) is 18.7 Å². The van der Waals surface area contributed by atoms with Gasteiger partial charge in [0.15, 0.2) is 0 Å². The summed E-state index contributed by atoms with van der Waals surface area (Å²) in [5, 5.41) is 2.71. The Morgan fingerprint density at radius 1 is 1.31 bits per heavy atom. The second-order valence-corrected chi connectivity index (χ2v) is 7.77. The van der Waals surface area contributed by atoms with Crippen molar-refractivity contribution in [3.63, 3.8) is 0 Å². The van der Waals surface area contributed by atoms with Crippen LogP contribution in [0, 0.1) is 19.8 Å². The first-order valence-electron chi connectivity index (χ1n) is 9.09. The highest BCUT2D eigenvalue weighted by atomic mass is 19.3. The smallest absolute Gasteiger partial charge is 0.289 e. The van der Waals surface area contributed by atoms with Gasteiger partial charge < -0.3 is 15.1 Å². The van der Waals surface area contributed by atoms with Gasteiger partial charge >= 0.3 is 0 Å². The largest absolute Gasteiger partial charge is 0.355 e. The number of aromatic nitrogens is 2. The molecule has 6 nitrogen and oxygen atoms in total. The van der Waals surface area contributed by atoms with E-state index in [1.807, 2.05) is 13.8 Å². The van der Waals surface area contributed by atoms with Crippen LogP contribution in [0.15, 0.2) is 0 Å². The van der Waals surface area contributed by atoms with E-state index >= 15 is 0 Å². The molecule has 1 aliphatic heterocycles. The number of carbonyl (C=O) groups excluding carboxylic acids is 1. The number of likely N-dealkylation sites (N-methyl/N-ethyl adjacent to an activating group) is 1. The number of rotatable bonds is 5. The number of aryl methyl sites for hydroxylation is 1. The highest BCUT2D eigenvalue weighted by Crippen LogP contribution is 2.41. The molecule has 1 aliphatic carbocycles. The molecular formula is C18H27F2N5O. The van der Waals surface area contributed by atoms with E-state index in [9.17, 15) is 13.6 Å². The number of nitrogens with zero attached hydrogens (tertiary/aromatic N) is 4. The molecule has 3 rings (SSSR count). The minimum absolute atomic E-state index is 0.113. The number of alkyl halides is 2. The number of hydrogen-bond donors (Lipinski definition) is 1. The summed E-state index contributed by atoms with van der Waals surface area (Å²) in [4.78, 5) is 25.6. The van der Waals surface area contributed by atoms with Gasteiger partial charge in [0.2, 0.25) is 11.7 Å². The van der Waals surface area contributed by atoms with Crippen molar-refractivity contribution in [1.82, 2.24) is 20.2 Å². The van der Waals surface area contributed by atoms with E-state index in [2.05, 4.69) is 39.2 Å². The van der Waals surface area contributed by atoms with Crippen molar-refractivity contribution >= 4 is 11.7 Å². The maximum Gasteiger partial charge on any atom is 0.289 e. The number of halogens is 2. The van der Waals surface area contributed by atoms with Crippen LogP contribution in [-0.2, 0) is 0 Å². The predicted molar refractivity (Wildman–Crippen MR) is 95.8 cm³/mol. The van der Waals surface area contributed by atoms with E-state index in [0.29, 0.717) is 6.04 Å². The van der Waals surface area contributed by atoms with Gasteiger partial charge in [0.25, 0.3) is 5.91 Å². The molecule has 1 amide bonds. The Bertz CT molecular complexity index is 686. The van der Waals surface area contributed by atoms with Crippen LogP contribution < -0.4 is 10.2 Å². The summed E-state index contributed by atoms with van der Waals surface area (Å²) in [6.07, 6.45) is 0.727. The molecule has 0 unspecified atom stereocenters. The van der Waals surface area contributed by atoms with Crippen LogP contribution in [0.1, 0.15) is 41.1 Å². The first kappa shape index (κ1) is 18.9. The Hall–Kier alpha value is -1.83. The highest BCUT2D eigenvalue weighted by molar-refractivity contribution is 5.91. The normalized spacial score (nSPS) is 22.6. The second-order valence-electron chi connectivity index (χ2n) is 7.77. The summed E-state index contributed by atoms with van der Waals surface area (Å²) in [6, 6.07) is 0.460.